The summed E-state index contributed by atoms with van der Waals surface area (Å²) in [6.07, 6.45) is 0.293. The number of hydrogen-bond acceptors (Lipinski definition) is 3. The zero-order valence-electron chi connectivity index (χ0n) is 9.03. The predicted molar refractivity (Wildman–Crippen MR) is 53.5 cm³/mol. The summed E-state index contributed by atoms with van der Waals surface area (Å²) in [5.74, 6) is 0.0755. The molecule has 0 aromatic carbocycles. The van der Waals surface area contributed by atoms with Gasteiger partial charge < -0.3 is 4.90 Å². The van der Waals surface area contributed by atoms with Crippen LogP contribution in [0.15, 0.2) is 0 Å². The first-order valence-electron chi connectivity index (χ1n) is 4.99. The second kappa shape index (κ2) is 4.43. The molecule has 1 aliphatic rings. The highest BCUT2D eigenvalue weighted by atomic mass is 16.2. The van der Waals surface area contributed by atoms with Gasteiger partial charge in [-0.25, -0.2) is 0 Å². The Balaban J connectivity index is 2.82. The number of carbonyl (C=O) groups is 1. The molecular weight excluding hydrogens is 178 g/mol. The van der Waals surface area contributed by atoms with Crippen LogP contribution in [0.5, 0.6) is 0 Å². The number of carbonyl (C=O) groups excluding carboxylic acids is 1. The van der Waals surface area contributed by atoms with Gasteiger partial charge in [-0.3, -0.25) is 9.69 Å². The zero-order chi connectivity index (χ0) is 10.7. The Labute approximate surface area is 85.1 Å². The summed E-state index contributed by atoms with van der Waals surface area (Å²) in [5.41, 5.74) is 0. The molecule has 0 aliphatic carbocycles. The molecule has 0 N–H and O–H groups in total. The average Bonchev–Trinajstić information content (AvgIpc) is 2.14. The maximum atomic E-state index is 11.8. The molecule has 14 heavy (non-hydrogen) atoms. The topological polar surface area (TPSA) is 47.3 Å². The molecule has 1 saturated heterocycles. The third kappa shape index (κ3) is 1.88. The van der Waals surface area contributed by atoms with Crippen LogP contribution in [-0.4, -0.2) is 47.9 Å². The molecule has 0 bridgehead atoms. The van der Waals surface area contributed by atoms with Crippen LogP contribution in [0.1, 0.15) is 20.3 Å². The molecule has 2 unspecified atom stereocenters. The summed E-state index contributed by atoms with van der Waals surface area (Å²) in [6, 6.07) is 2.19. The van der Waals surface area contributed by atoms with Crippen molar-refractivity contribution in [3.05, 3.63) is 0 Å². The Morgan fingerprint density at radius 1 is 1.64 bits per heavy atom. The van der Waals surface area contributed by atoms with E-state index < -0.39 is 0 Å². The fourth-order valence-corrected chi connectivity index (χ4v) is 2.12. The van der Waals surface area contributed by atoms with Crippen molar-refractivity contribution >= 4 is 5.91 Å². The average molecular weight is 195 g/mol. The normalized spacial score (nSPS) is 29.0. The molecule has 1 fully saturated rings. The highest BCUT2D eigenvalue weighted by Crippen LogP contribution is 2.17. The summed E-state index contributed by atoms with van der Waals surface area (Å²) in [7, 11) is 1.80. The number of nitrogens with zero attached hydrogens (tertiary/aromatic N) is 3. The van der Waals surface area contributed by atoms with Crippen molar-refractivity contribution in [1.82, 2.24) is 9.80 Å². The van der Waals surface area contributed by atoms with Crippen LogP contribution in [0.4, 0.5) is 0 Å². The van der Waals surface area contributed by atoms with Crippen molar-refractivity contribution in [2.75, 3.05) is 20.1 Å². The number of hydrogen-bond donors (Lipinski definition) is 0. The van der Waals surface area contributed by atoms with Crippen LogP contribution in [0.25, 0.3) is 0 Å². The maximum absolute atomic E-state index is 11.8. The molecule has 0 aromatic heterocycles. The molecule has 4 nitrogen and oxygen atoms in total. The van der Waals surface area contributed by atoms with Crippen LogP contribution in [-0.2, 0) is 4.79 Å². The smallest absolute Gasteiger partial charge is 0.240 e. The van der Waals surface area contributed by atoms with E-state index in [-0.39, 0.29) is 11.9 Å². The van der Waals surface area contributed by atoms with Crippen LogP contribution in [0.3, 0.4) is 0 Å². The Kier molecular flexibility index (Phi) is 3.48. The Morgan fingerprint density at radius 2 is 2.29 bits per heavy atom. The van der Waals surface area contributed by atoms with Crippen LogP contribution in [0.2, 0.25) is 0 Å². The number of piperazine rings is 1. The third-order valence-electron chi connectivity index (χ3n) is 2.82. The second-order valence-corrected chi connectivity index (χ2v) is 3.78. The fourth-order valence-electron chi connectivity index (χ4n) is 2.12. The standard InChI is InChI=1S/C10H17N3O/c1-4-13-8(2)7-12(3)10(14)9(13)5-6-11/h8-9H,4-5,7H2,1-3H3. The Bertz CT molecular complexity index is 259. The van der Waals surface area contributed by atoms with E-state index in [1.807, 2.05) is 6.92 Å². The van der Waals surface area contributed by atoms with Crippen LogP contribution < -0.4 is 0 Å². The lowest BCUT2D eigenvalue weighted by Crippen LogP contribution is -2.59. The summed E-state index contributed by atoms with van der Waals surface area (Å²) in [6.45, 7) is 5.71. The first kappa shape index (κ1) is 11.0. The van der Waals surface area contributed by atoms with Crippen LogP contribution >= 0.6 is 0 Å². The molecule has 0 spiro atoms. The summed E-state index contributed by atoms with van der Waals surface area (Å²) >= 11 is 0. The summed E-state index contributed by atoms with van der Waals surface area (Å²) in [4.78, 5) is 15.6. The highest BCUT2D eigenvalue weighted by Gasteiger charge is 2.35. The lowest BCUT2D eigenvalue weighted by molar-refractivity contribution is -0.142. The van der Waals surface area contributed by atoms with Gasteiger partial charge in [0.2, 0.25) is 5.91 Å². The molecule has 2 atom stereocenters. The second-order valence-electron chi connectivity index (χ2n) is 3.78. The van der Waals surface area contributed by atoms with Gasteiger partial charge in [-0.2, -0.15) is 5.26 Å². The van der Waals surface area contributed by atoms with E-state index in [0.717, 1.165) is 13.1 Å². The first-order valence-corrected chi connectivity index (χ1v) is 4.99. The van der Waals surface area contributed by atoms with E-state index in [2.05, 4.69) is 17.9 Å². The van der Waals surface area contributed by atoms with Crippen molar-refractivity contribution in [1.29, 1.82) is 5.26 Å². The van der Waals surface area contributed by atoms with Gasteiger partial charge in [-0.1, -0.05) is 6.92 Å². The highest BCUT2D eigenvalue weighted by molar-refractivity contribution is 5.82. The van der Waals surface area contributed by atoms with Crippen molar-refractivity contribution < 1.29 is 4.79 Å². The molecule has 1 aliphatic heterocycles. The molecule has 1 amide bonds. The summed E-state index contributed by atoms with van der Waals surface area (Å²) < 4.78 is 0. The Morgan fingerprint density at radius 3 is 2.79 bits per heavy atom. The number of likely N-dealkylation sites (N-methyl/N-ethyl adjacent to an activating group) is 2. The third-order valence-corrected chi connectivity index (χ3v) is 2.82. The molecule has 0 saturated carbocycles. The van der Waals surface area contributed by atoms with Gasteiger partial charge in [0.15, 0.2) is 0 Å². The minimum Gasteiger partial charge on any atom is -0.343 e. The van der Waals surface area contributed by atoms with Gasteiger partial charge in [0.1, 0.15) is 6.04 Å². The van der Waals surface area contributed by atoms with Gasteiger partial charge in [-0.15, -0.1) is 0 Å². The minimum atomic E-state index is -0.237. The quantitative estimate of drug-likeness (QED) is 0.642. The monoisotopic (exact) mass is 195 g/mol. The van der Waals surface area contributed by atoms with Gasteiger partial charge in [-0.05, 0) is 13.5 Å². The number of rotatable bonds is 2. The largest absolute Gasteiger partial charge is 0.343 e. The van der Waals surface area contributed by atoms with E-state index >= 15 is 0 Å². The van der Waals surface area contributed by atoms with Crippen molar-refractivity contribution in [2.24, 2.45) is 0 Å². The predicted octanol–water partition coefficient (Wildman–Crippen LogP) is 0.451. The van der Waals surface area contributed by atoms with E-state index in [4.69, 9.17) is 5.26 Å². The van der Waals surface area contributed by atoms with E-state index in [1.54, 1.807) is 11.9 Å². The van der Waals surface area contributed by atoms with E-state index in [0.29, 0.717) is 12.5 Å². The maximum Gasteiger partial charge on any atom is 0.240 e. The zero-order valence-corrected chi connectivity index (χ0v) is 9.03. The van der Waals surface area contributed by atoms with Crippen molar-refractivity contribution in [3.63, 3.8) is 0 Å². The molecule has 1 heterocycles. The first-order chi connectivity index (χ1) is 6.61. The van der Waals surface area contributed by atoms with Gasteiger partial charge >= 0.3 is 0 Å². The molecular formula is C10H17N3O. The number of amides is 1. The Hall–Kier alpha value is -1.08. The molecule has 4 heteroatoms. The van der Waals surface area contributed by atoms with Crippen LogP contribution in [0, 0.1) is 11.3 Å². The fraction of sp³-hybridized carbons (Fsp3) is 0.800. The molecule has 1 rings (SSSR count). The van der Waals surface area contributed by atoms with Crippen molar-refractivity contribution in [3.8, 4) is 6.07 Å². The molecule has 0 aromatic rings. The number of nitriles is 1. The van der Waals surface area contributed by atoms with E-state index in [9.17, 15) is 4.79 Å². The lowest BCUT2D eigenvalue weighted by atomic mass is 10.0. The summed E-state index contributed by atoms with van der Waals surface area (Å²) in [5, 5.41) is 8.67. The van der Waals surface area contributed by atoms with Gasteiger partial charge in [0, 0.05) is 19.6 Å². The minimum absolute atomic E-state index is 0.0755. The molecule has 0 radical (unpaired) electrons. The van der Waals surface area contributed by atoms with Gasteiger partial charge in [0.25, 0.3) is 0 Å². The molecule has 78 valence electrons. The van der Waals surface area contributed by atoms with Crippen molar-refractivity contribution in [2.45, 2.75) is 32.4 Å². The van der Waals surface area contributed by atoms with Gasteiger partial charge in [0.05, 0.1) is 12.5 Å². The van der Waals surface area contributed by atoms with E-state index in [1.165, 1.54) is 0 Å². The lowest BCUT2D eigenvalue weighted by Gasteiger charge is -2.42. The SMILES string of the molecule is CCN1C(C)CN(C)C(=O)C1CC#N.